The topological polar surface area (TPSA) is 0 Å². The third kappa shape index (κ3) is 3.28. The Kier molecular flexibility index (Phi) is 6.33. The molecule has 0 bridgehead atoms. The van der Waals surface area contributed by atoms with Crippen LogP contribution in [0.15, 0.2) is 12.1 Å². The van der Waals surface area contributed by atoms with E-state index >= 15 is 0 Å². The SMILES string of the molecule is Clc1cc(-c2cc(Cl)c(Cl)c(I)c2Cl)c(Cl)c(I)c1Cl. The van der Waals surface area contributed by atoms with Gasteiger partial charge in [-0.1, -0.05) is 69.6 Å². The van der Waals surface area contributed by atoms with Gasteiger partial charge in [0.15, 0.2) is 0 Å². The zero-order chi connectivity index (χ0) is 15.2. The molecule has 0 saturated heterocycles. The van der Waals surface area contributed by atoms with Crippen molar-refractivity contribution in [3.8, 4) is 11.1 Å². The minimum atomic E-state index is 0.396. The van der Waals surface area contributed by atoms with Crippen molar-refractivity contribution in [3.05, 3.63) is 49.4 Å². The number of rotatable bonds is 1. The van der Waals surface area contributed by atoms with Crippen LogP contribution < -0.4 is 0 Å². The normalized spacial score (nSPS) is 11.0. The Bertz CT molecular complexity index is 653. The zero-order valence-corrected chi connectivity index (χ0v) is 18.0. The first kappa shape index (κ1) is 18.0. The summed E-state index contributed by atoms with van der Waals surface area (Å²) in [6, 6.07) is 3.33. The minimum Gasteiger partial charge on any atom is -0.0826 e. The molecule has 2 aromatic rings. The van der Waals surface area contributed by atoms with Gasteiger partial charge in [0.1, 0.15) is 0 Å². The van der Waals surface area contributed by atoms with Gasteiger partial charge < -0.3 is 0 Å². The molecule has 0 aliphatic heterocycles. The Hall–Kier alpha value is 1.64. The molecule has 106 valence electrons. The summed E-state index contributed by atoms with van der Waals surface area (Å²) in [6.45, 7) is 0. The second-order valence-electron chi connectivity index (χ2n) is 3.70. The van der Waals surface area contributed by atoms with Crippen LogP contribution in [0.4, 0.5) is 0 Å². The Morgan fingerprint density at radius 1 is 0.550 bits per heavy atom. The standard InChI is InChI=1S/C12H2Cl6I2/c13-5-1-3(7(15)11(19)9(5)17)4-2-6(14)10(18)12(20)8(4)16/h1-2H. The second-order valence-corrected chi connectivity index (χ2v) is 8.18. The van der Waals surface area contributed by atoms with Crippen LogP contribution in [-0.2, 0) is 0 Å². The molecule has 0 saturated carbocycles. The molecule has 2 aromatic carbocycles. The maximum Gasteiger partial charge on any atom is 0.0741 e. The van der Waals surface area contributed by atoms with Gasteiger partial charge in [0.05, 0.1) is 37.3 Å². The molecule has 0 unspecified atom stereocenters. The van der Waals surface area contributed by atoms with Gasteiger partial charge in [-0.05, 0) is 57.3 Å². The molecule has 0 amide bonds. The molecule has 0 atom stereocenters. The van der Waals surface area contributed by atoms with E-state index in [2.05, 4.69) is 0 Å². The van der Waals surface area contributed by atoms with Crippen molar-refractivity contribution in [2.24, 2.45) is 0 Å². The van der Waals surface area contributed by atoms with Gasteiger partial charge in [0.25, 0.3) is 0 Å². The van der Waals surface area contributed by atoms with Crippen molar-refractivity contribution in [2.75, 3.05) is 0 Å². The zero-order valence-electron chi connectivity index (χ0n) is 9.18. The summed E-state index contributed by atoms with van der Waals surface area (Å²) in [4.78, 5) is 0. The van der Waals surface area contributed by atoms with Gasteiger partial charge in [0.2, 0.25) is 0 Å². The average molecular weight is 613 g/mol. The highest BCUT2D eigenvalue weighted by Gasteiger charge is 2.19. The Labute approximate surface area is 173 Å². The Morgan fingerprint density at radius 3 is 1.15 bits per heavy atom. The van der Waals surface area contributed by atoms with Crippen LogP contribution in [-0.4, -0.2) is 0 Å². The first-order chi connectivity index (χ1) is 9.25. The largest absolute Gasteiger partial charge is 0.0826 e. The van der Waals surface area contributed by atoms with Crippen LogP contribution in [0.3, 0.4) is 0 Å². The van der Waals surface area contributed by atoms with Gasteiger partial charge >= 0.3 is 0 Å². The van der Waals surface area contributed by atoms with Crippen molar-refractivity contribution in [1.29, 1.82) is 0 Å². The predicted molar refractivity (Wildman–Crippen MR) is 107 cm³/mol. The van der Waals surface area contributed by atoms with E-state index in [0.717, 1.165) is 0 Å². The monoisotopic (exact) mass is 610 g/mol. The predicted octanol–water partition coefficient (Wildman–Crippen LogP) is 8.48. The summed E-state index contributed by atoms with van der Waals surface area (Å²) in [5.74, 6) is 0. The Balaban J connectivity index is 2.83. The number of hydrogen-bond donors (Lipinski definition) is 0. The fourth-order valence-electron chi connectivity index (χ4n) is 1.54. The fourth-order valence-corrected chi connectivity index (χ4v) is 4.32. The molecule has 0 spiro atoms. The van der Waals surface area contributed by atoms with Crippen molar-refractivity contribution >= 4 is 115 Å². The molecule has 0 radical (unpaired) electrons. The maximum absolute atomic E-state index is 6.33. The minimum absolute atomic E-state index is 0.396. The highest BCUT2D eigenvalue weighted by atomic mass is 127. The third-order valence-corrected chi connectivity index (χ3v) is 8.29. The lowest BCUT2D eigenvalue weighted by molar-refractivity contribution is 1.56. The summed E-state index contributed by atoms with van der Waals surface area (Å²) in [6.07, 6.45) is 0. The first-order valence-electron chi connectivity index (χ1n) is 4.92. The summed E-state index contributed by atoms with van der Waals surface area (Å²) in [5, 5.41) is 2.55. The molecule has 0 fully saturated rings. The first-order valence-corrected chi connectivity index (χ1v) is 9.34. The van der Waals surface area contributed by atoms with Crippen molar-refractivity contribution in [1.82, 2.24) is 0 Å². The maximum atomic E-state index is 6.33. The van der Waals surface area contributed by atoms with E-state index in [-0.39, 0.29) is 0 Å². The summed E-state index contributed by atoms with van der Waals surface area (Å²) < 4.78 is 1.32. The van der Waals surface area contributed by atoms with Crippen molar-refractivity contribution in [2.45, 2.75) is 0 Å². The second kappa shape index (κ2) is 7.04. The smallest absolute Gasteiger partial charge is 0.0741 e. The molecule has 8 heteroatoms. The van der Waals surface area contributed by atoms with E-state index in [9.17, 15) is 0 Å². The lowest BCUT2D eigenvalue weighted by Gasteiger charge is -2.13. The summed E-state index contributed by atoms with van der Waals surface area (Å²) in [5.41, 5.74) is 1.32. The van der Waals surface area contributed by atoms with Crippen LogP contribution >= 0.6 is 115 Å². The number of hydrogen-bond acceptors (Lipinski definition) is 0. The number of halogens is 8. The highest BCUT2D eigenvalue weighted by molar-refractivity contribution is 14.1. The van der Waals surface area contributed by atoms with Gasteiger partial charge in [-0.15, -0.1) is 0 Å². The number of benzene rings is 2. The van der Waals surface area contributed by atoms with Gasteiger partial charge in [0, 0.05) is 11.1 Å². The summed E-state index contributed by atoms with van der Waals surface area (Å²) >= 11 is 41.1. The Morgan fingerprint density at radius 2 is 0.850 bits per heavy atom. The molecule has 0 aliphatic carbocycles. The average Bonchev–Trinajstić information content (AvgIpc) is 2.42. The molecular weight excluding hydrogens is 611 g/mol. The van der Waals surface area contributed by atoms with E-state index < -0.39 is 0 Å². The molecule has 0 aromatic heterocycles. The van der Waals surface area contributed by atoms with Crippen LogP contribution in [0, 0.1) is 7.14 Å². The molecule has 0 nitrogen and oxygen atoms in total. The lowest BCUT2D eigenvalue weighted by atomic mass is 10.1. The molecular formula is C12H2Cl6I2. The molecule has 2 rings (SSSR count). The molecule has 0 N–H and O–H groups in total. The molecule has 20 heavy (non-hydrogen) atoms. The van der Waals surface area contributed by atoms with Crippen molar-refractivity contribution < 1.29 is 0 Å². The van der Waals surface area contributed by atoms with E-state index in [1.807, 2.05) is 45.2 Å². The quantitative estimate of drug-likeness (QED) is 0.172. The van der Waals surface area contributed by atoms with Crippen LogP contribution in [0.25, 0.3) is 11.1 Å². The molecule has 0 aliphatic rings. The van der Waals surface area contributed by atoms with Crippen molar-refractivity contribution in [3.63, 3.8) is 0 Å². The van der Waals surface area contributed by atoms with Gasteiger partial charge in [-0.2, -0.15) is 0 Å². The van der Waals surface area contributed by atoms with Crippen LogP contribution in [0.5, 0.6) is 0 Å². The van der Waals surface area contributed by atoms with E-state index in [1.165, 1.54) is 0 Å². The van der Waals surface area contributed by atoms with Crippen LogP contribution in [0.1, 0.15) is 0 Å². The van der Waals surface area contributed by atoms with E-state index in [4.69, 9.17) is 69.6 Å². The van der Waals surface area contributed by atoms with Gasteiger partial charge in [-0.25, -0.2) is 0 Å². The third-order valence-electron chi connectivity index (χ3n) is 2.50. The lowest BCUT2D eigenvalue weighted by Crippen LogP contribution is -1.90. The fraction of sp³-hybridized carbons (Fsp3) is 0. The van der Waals surface area contributed by atoms with E-state index in [0.29, 0.717) is 48.4 Å². The summed E-state index contributed by atoms with van der Waals surface area (Å²) in [7, 11) is 0. The van der Waals surface area contributed by atoms with Crippen LogP contribution in [0.2, 0.25) is 30.1 Å². The van der Waals surface area contributed by atoms with E-state index in [1.54, 1.807) is 12.1 Å². The van der Waals surface area contributed by atoms with Gasteiger partial charge in [-0.3, -0.25) is 0 Å². The highest BCUT2D eigenvalue weighted by Crippen LogP contribution is 2.45. The molecule has 0 heterocycles.